The molecule has 0 bridgehead atoms. The van der Waals surface area contributed by atoms with E-state index in [-0.39, 0.29) is 0 Å². The van der Waals surface area contributed by atoms with Crippen LogP contribution in [0.2, 0.25) is 0 Å². The zero-order chi connectivity index (χ0) is 11.7. The quantitative estimate of drug-likeness (QED) is 0.634. The first-order chi connectivity index (χ1) is 6.74. The van der Waals surface area contributed by atoms with Crippen molar-refractivity contribution in [2.45, 2.75) is 21.1 Å². The minimum absolute atomic E-state index is 0.524. The predicted molar refractivity (Wildman–Crippen MR) is 78.0 cm³/mol. The van der Waals surface area contributed by atoms with E-state index in [9.17, 15) is 5.11 Å². The molecule has 5 heteroatoms. The molecule has 1 aromatic rings. The van der Waals surface area contributed by atoms with Crippen molar-refractivity contribution in [1.82, 2.24) is 0 Å². The molecule has 0 aliphatic carbocycles. The Morgan fingerprint density at radius 3 is 2.20 bits per heavy atom. The van der Waals surface area contributed by atoms with Crippen LogP contribution in [0.15, 0.2) is 28.7 Å². The van der Waals surface area contributed by atoms with Crippen molar-refractivity contribution in [2.75, 3.05) is 0 Å². The van der Waals surface area contributed by atoms with Gasteiger partial charge in [0.1, 0.15) is 5.60 Å². The molecule has 1 nitrogen and oxygen atoms in total. The third-order valence-electron chi connectivity index (χ3n) is 2.10. The molecule has 0 aromatic heterocycles. The van der Waals surface area contributed by atoms with Crippen LogP contribution in [-0.4, -0.2) is 12.9 Å². The van der Waals surface area contributed by atoms with Crippen molar-refractivity contribution in [2.24, 2.45) is 0 Å². The molecular weight excluding hydrogens is 456 g/mol. The first-order valence-corrected chi connectivity index (χ1v) is 7.44. The Labute approximate surface area is 123 Å². The highest BCUT2D eigenvalue weighted by Gasteiger charge is 2.41. The molecule has 1 atom stereocenters. The molecule has 0 heterocycles. The van der Waals surface area contributed by atoms with Gasteiger partial charge in [-0.3, -0.25) is 0 Å². The molecule has 0 amide bonds. The zero-order valence-electron chi connectivity index (χ0n) is 7.98. The first kappa shape index (κ1) is 14.2. The van der Waals surface area contributed by atoms with Gasteiger partial charge in [0.2, 0.25) is 0 Å². The van der Waals surface area contributed by atoms with Gasteiger partial charge in [-0.25, -0.2) is 0 Å². The molecule has 0 radical (unpaired) electrons. The average molecular weight is 466 g/mol. The van der Waals surface area contributed by atoms with Gasteiger partial charge in [0, 0.05) is 10.9 Å². The van der Waals surface area contributed by atoms with Crippen molar-refractivity contribution in [1.29, 1.82) is 0 Å². The summed E-state index contributed by atoms with van der Waals surface area (Å²) in [4.78, 5) is 0. The van der Waals surface area contributed by atoms with Gasteiger partial charge in [0.25, 0.3) is 0 Å². The van der Waals surface area contributed by atoms with E-state index >= 15 is 0 Å². The maximum absolute atomic E-state index is 10.3. The normalized spacial score (nSPS) is 16.1. The number of rotatable bonds is 2. The van der Waals surface area contributed by atoms with E-state index in [2.05, 4.69) is 63.7 Å². The monoisotopic (exact) mass is 462 g/mol. The van der Waals surface area contributed by atoms with Gasteiger partial charge in [-0.2, -0.15) is 0 Å². The SMILES string of the molecule is CC(O)(Cc1ccccc1Br)C(Br)(Br)Br. The molecule has 0 spiro atoms. The van der Waals surface area contributed by atoms with Gasteiger partial charge < -0.3 is 5.11 Å². The maximum Gasteiger partial charge on any atom is 0.163 e. The Kier molecular flexibility index (Phi) is 4.88. The van der Waals surface area contributed by atoms with Crippen LogP contribution in [0.5, 0.6) is 0 Å². The molecule has 1 aromatic carbocycles. The third kappa shape index (κ3) is 3.80. The van der Waals surface area contributed by atoms with E-state index in [1.165, 1.54) is 0 Å². The second kappa shape index (κ2) is 5.17. The van der Waals surface area contributed by atoms with Crippen molar-refractivity contribution in [3.8, 4) is 0 Å². The lowest BCUT2D eigenvalue weighted by Crippen LogP contribution is -2.40. The van der Waals surface area contributed by atoms with Crippen LogP contribution in [0, 0.1) is 0 Å². The lowest BCUT2D eigenvalue weighted by Gasteiger charge is -2.32. The summed E-state index contributed by atoms with van der Waals surface area (Å²) in [5.74, 6) is 0. The van der Waals surface area contributed by atoms with Crippen LogP contribution in [0.1, 0.15) is 12.5 Å². The minimum Gasteiger partial charge on any atom is -0.387 e. The third-order valence-corrected chi connectivity index (χ3v) is 5.44. The predicted octanol–water partition coefficient (Wildman–Crippen LogP) is 4.58. The van der Waals surface area contributed by atoms with E-state index in [0.717, 1.165) is 10.0 Å². The van der Waals surface area contributed by atoms with E-state index < -0.39 is 7.74 Å². The summed E-state index contributed by atoms with van der Waals surface area (Å²) in [6, 6.07) is 7.85. The summed E-state index contributed by atoms with van der Waals surface area (Å²) in [5, 5.41) is 10.3. The largest absolute Gasteiger partial charge is 0.387 e. The first-order valence-electron chi connectivity index (χ1n) is 4.26. The lowest BCUT2D eigenvalue weighted by atomic mass is 9.99. The van der Waals surface area contributed by atoms with Crippen LogP contribution < -0.4 is 0 Å². The summed E-state index contributed by atoms with van der Waals surface area (Å²) in [7, 11) is 0. The Balaban J connectivity index is 2.92. The summed E-state index contributed by atoms with van der Waals surface area (Å²) in [5.41, 5.74) is 0.113. The summed E-state index contributed by atoms with van der Waals surface area (Å²) in [6.45, 7) is 1.75. The molecule has 1 unspecified atom stereocenters. The summed E-state index contributed by atoms with van der Waals surface area (Å²) >= 11 is 13.5. The van der Waals surface area contributed by atoms with Gasteiger partial charge in [0.05, 0.1) is 0 Å². The molecular formula is C10H10Br4O. The van der Waals surface area contributed by atoms with Crippen molar-refractivity contribution < 1.29 is 5.11 Å². The van der Waals surface area contributed by atoms with Crippen molar-refractivity contribution in [3.05, 3.63) is 34.3 Å². The standard InChI is InChI=1S/C10H10Br4O/c1-9(15,10(12,13)14)6-7-4-2-3-5-8(7)11/h2-5,15H,6H2,1H3. The highest BCUT2D eigenvalue weighted by molar-refractivity contribution is 9.39. The fraction of sp³-hybridized carbons (Fsp3) is 0.400. The van der Waals surface area contributed by atoms with Gasteiger partial charge in [-0.05, 0) is 18.6 Å². The Morgan fingerprint density at radius 2 is 1.73 bits per heavy atom. The van der Waals surface area contributed by atoms with Gasteiger partial charge in [0.15, 0.2) is 2.14 Å². The Bertz CT molecular complexity index is 344. The van der Waals surface area contributed by atoms with E-state index in [1.54, 1.807) is 6.92 Å². The summed E-state index contributed by atoms with van der Waals surface area (Å²) < 4.78 is 0.317. The van der Waals surface area contributed by atoms with Gasteiger partial charge in [-0.1, -0.05) is 81.9 Å². The number of alkyl halides is 3. The number of benzene rings is 1. The van der Waals surface area contributed by atoms with Crippen LogP contribution in [0.25, 0.3) is 0 Å². The number of hydrogen-bond donors (Lipinski definition) is 1. The Morgan fingerprint density at radius 1 is 1.20 bits per heavy atom. The van der Waals surface area contributed by atoms with Crippen LogP contribution >= 0.6 is 63.7 Å². The van der Waals surface area contributed by atoms with Crippen molar-refractivity contribution >= 4 is 63.7 Å². The van der Waals surface area contributed by atoms with Crippen LogP contribution in [-0.2, 0) is 6.42 Å². The van der Waals surface area contributed by atoms with Gasteiger partial charge >= 0.3 is 0 Å². The molecule has 1 rings (SSSR count). The van der Waals surface area contributed by atoms with E-state index in [4.69, 9.17) is 0 Å². The number of hydrogen-bond acceptors (Lipinski definition) is 1. The zero-order valence-corrected chi connectivity index (χ0v) is 14.3. The smallest absolute Gasteiger partial charge is 0.163 e. The molecule has 1 N–H and O–H groups in total. The molecule has 0 aliphatic heterocycles. The second-order valence-electron chi connectivity index (χ2n) is 3.54. The maximum atomic E-state index is 10.3. The van der Waals surface area contributed by atoms with Crippen LogP contribution in [0.3, 0.4) is 0 Å². The Hall–Kier alpha value is 1.10. The fourth-order valence-electron chi connectivity index (χ4n) is 1.11. The van der Waals surface area contributed by atoms with E-state index in [0.29, 0.717) is 6.42 Å². The molecule has 0 saturated carbocycles. The van der Waals surface area contributed by atoms with Gasteiger partial charge in [-0.15, -0.1) is 0 Å². The number of halogens is 4. The molecule has 0 aliphatic rings. The molecule has 0 fully saturated rings. The van der Waals surface area contributed by atoms with E-state index in [1.807, 2.05) is 24.3 Å². The molecule has 0 saturated heterocycles. The average Bonchev–Trinajstić information content (AvgIpc) is 2.06. The second-order valence-corrected chi connectivity index (χ2v) is 11.2. The highest BCUT2D eigenvalue weighted by atomic mass is 80.0. The minimum atomic E-state index is -0.948. The molecule has 15 heavy (non-hydrogen) atoms. The van der Waals surface area contributed by atoms with Crippen LogP contribution in [0.4, 0.5) is 0 Å². The van der Waals surface area contributed by atoms with Crippen molar-refractivity contribution in [3.63, 3.8) is 0 Å². The molecule has 84 valence electrons. The lowest BCUT2D eigenvalue weighted by molar-refractivity contribution is 0.0749. The summed E-state index contributed by atoms with van der Waals surface area (Å²) in [6.07, 6.45) is 0.524. The number of aliphatic hydroxyl groups is 1. The topological polar surface area (TPSA) is 20.2 Å². The highest BCUT2D eigenvalue weighted by Crippen LogP contribution is 2.45. The fourth-order valence-corrected chi connectivity index (χ4v) is 1.96.